The van der Waals surface area contributed by atoms with Gasteiger partial charge in [0.15, 0.2) is 0 Å². The first-order valence-corrected chi connectivity index (χ1v) is 13.1. The number of nitrogens with zero attached hydrogens (tertiary/aromatic N) is 3. The Labute approximate surface area is 220 Å². The maximum absolute atomic E-state index is 14.5. The Morgan fingerprint density at radius 3 is 2.35 bits per heavy atom. The van der Waals surface area contributed by atoms with Crippen LogP contribution in [0.15, 0.2) is 91.4 Å². The number of H-pyrrole nitrogens is 1. The van der Waals surface area contributed by atoms with Crippen molar-refractivity contribution in [3.63, 3.8) is 0 Å². The molecule has 0 bridgehead atoms. The molecule has 5 nitrogen and oxygen atoms in total. The average Bonchev–Trinajstić information content (AvgIpc) is 3.38. The summed E-state index contributed by atoms with van der Waals surface area (Å²) in [6.07, 6.45) is 4.99. The Morgan fingerprint density at radius 1 is 0.973 bits per heavy atom. The van der Waals surface area contributed by atoms with Gasteiger partial charge in [0.05, 0.1) is 30.3 Å². The molecule has 3 aromatic carbocycles. The second kappa shape index (κ2) is 10.3. The summed E-state index contributed by atoms with van der Waals surface area (Å²) < 4.78 is 0. The highest BCUT2D eigenvalue weighted by Gasteiger charge is 2.37. The highest BCUT2D eigenvalue weighted by Crippen LogP contribution is 2.37. The van der Waals surface area contributed by atoms with E-state index in [1.165, 1.54) is 16.7 Å². The highest BCUT2D eigenvalue weighted by molar-refractivity contribution is 5.84. The molecule has 0 fully saturated rings. The highest BCUT2D eigenvalue weighted by atomic mass is 16.2. The minimum Gasteiger partial charge on any atom is -0.351 e. The molecule has 1 N–H and O–H groups in total. The fraction of sp³-hybridized carbons (Fsp3) is 0.312. The van der Waals surface area contributed by atoms with Crippen LogP contribution in [0.5, 0.6) is 0 Å². The lowest BCUT2D eigenvalue weighted by atomic mass is 9.85. The van der Waals surface area contributed by atoms with E-state index >= 15 is 0 Å². The van der Waals surface area contributed by atoms with Gasteiger partial charge in [0.25, 0.3) is 0 Å². The number of hydrogen-bond acceptors (Lipinski definition) is 3. The zero-order chi connectivity index (χ0) is 26.0. The molecule has 2 heterocycles. The van der Waals surface area contributed by atoms with E-state index in [4.69, 9.17) is 0 Å². The zero-order valence-electron chi connectivity index (χ0n) is 22.2. The van der Waals surface area contributed by atoms with Gasteiger partial charge in [-0.2, -0.15) is 0 Å². The monoisotopic (exact) mass is 492 g/mol. The number of carbonyl (C=O) groups is 1. The number of imidazole rings is 1. The standard InChI is InChI=1S/C32H36N4O/c1-23(25-10-6-5-7-11-25)36-31(37)27(18-24-14-16-28(17-15-24)32(2,3)4)19-26-12-8-9-13-30(26)35(36)21-29-20-33-22-34-29/h5-17,20,22-23,27H,18-19,21H2,1-4H3,(H,33,34). The van der Waals surface area contributed by atoms with Gasteiger partial charge in [0.1, 0.15) is 0 Å². The smallest absolute Gasteiger partial charge is 0.245 e. The predicted octanol–water partition coefficient (Wildman–Crippen LogP) is 6.63. The van der Waals surface area contributed by atoms with Crippen LogP contribution in [0.25, 0.3) is 0 Å². The number of anilines is 1. The lowest BCUT2D eigenvalue weighted by molar-refractivity contribution is -0.138. The molecule has 2 atom stereocenters. The maximum Gasteiger partial charge on any atom is 0.245 e. The molecule has 0 saturated carbocycles. The molecule has 2 unspecified atom stereocenters. The molecule has 1 aliphatic rings. The number of hydrogen-bond donors (Lipinski definition) is 1. The van der Waals surface area contributed by atoms with Gasteiger partial charge in [-0.1, -0.05) is 93.6 Å². The molecule has 0 aliphatic carbocycles. The zero-order valence-corrected chi connectivity index (χ0v) is 22.2. The van der Waals surface area contributed by atoms with E-state index in [1.807, 2.05) is 29.4 Å². The Kier molecular flexibility index (Phi) is 6.88. The first-order chi connectivity index (χ1) is 17.8. The maximum atomic E-state index is 14.5. The van der Waals surface area contributed by atoms with Crippen molar-refractivity contribution in [1.29, 1.82) is 0 Å². The Bertz CT molecular complexity index is 1320. The van der Waals surface area contributed by atoms with E-state index in [2.05, 4.69) is 103 Å². The third kappa shape index (κ3) is 5.31. The quantitative estimate of drug-likeness (QED) is 0.328. The molecule has 1 amide bonds. The number of hydrazine groups is 1. The number of fused-ring (bicyclic) bond motifs is 1. The molecule has 0 radical (unpaired) electrons. The van der Waals surface area contributed by atoms with Crippen LogP contribution in [0.1, 0.15) is 61.7 Å². The van der Waals surface area contributed by atoms with Crippen LogP contribution >= 0.6 is 0 Å². The normalized spacial score (nSPS) is 16.9. The Morgan fingerprint density at radius 2 is 1.68 bits per heavy atom. The van der Waals surface area contributed by atoms with Gasteiger partial charge in [0.2, 0.25) is 5.91 Å². The average molecular weight is 493 g/mol. The fourth-order valence-corrected chi connectivity index (χ4v) is 5.26. The third-order valence-corrected chi connectivity index (χ3v) is 7.39. The lowest BCUT2D eigenvalue weighted by Crippen LogP contribution is -2.49. The first kappa shape index (κ1) is 24.8. The van der Waals surface area contributed by atoms with Crippen LogP contribution in [-0.4, -0.2) is 20.9 Å². The lowest BCUT2D eigenvalue weighted by Gasteiger charge is -2.40. The molecular formula is C32H36N4O. The van der Waals surface area contributed by atoms with Gasteiger partial charge in [0, 0.05) is 12.1 Å². The van der Waals surface area contributed by atoms with Crippen LogP contribution in [0.4, 0.5) is 5.69 Å². The molecule has 5 heteroatoms. The van der Waals surface area contributed by atoms with E-state index in [0.29, 0.717) is 19.4 Å². The van der Waals surface area contributed by atoms with Crippen molar-refractivity contribution in [3.05, 3.63) is 119 Å². The summed E-state index contributed by atoms with van der Waals surface area (Å²) in [6.45, 7) is 9.31. The Hall–Kier alpha value is -3.86. The number of amides is 1. The van der Waals surface area contributed by atoms with Gasteiger partial charge in [-0.05, 0) is 53.5 Å². The first-order valence-electron chi connectivity index (χ1n) is 13.1. The fourth-order valence-electron chi connectivity index (χ4n) is 5.26. The minimum absolute atomic E-state index is 0.101. The van der Waals surface area contributed by atoms with Gasteiger partial charge in [-0.25, -0.2) is 9.99 Å². The Balaban J connectivity index is 1.55. The van der Waals surface area contributed by atoms with Crippen molar-refractivity contribution >= 4 is 11.6 Å². The van der Waals surface area contributed by atoms with E-state index in [0.717, 1.165) is 16.9 Å². The predicted molar refractivity (Wildman–Crippen MR) is 149 cm³/mol. The summed E-state index contributed by atoms with van der Waals surface area (Å²) in [5.74, 6) is -0.0278. The van der Waals surface area contributed by atoms with Crippen molar-refractivity contribution in [3.8, 4) is 0 Å². The van der Waals surface area contributed by atoms with E-state index in [-0.39, 0.29) is 23.3 Å². The topological polar surface area (TPSA) is 52.2 Å². The van der Waals surface area contributed by atoms with Gasteiger partial charge in [-0.15, -0.1) is 0 Å². The molecule has 37 heavy (non-hydrogen) atoms. The van der Waals surface area contributed by atoms with E-state index in [9.17, 15) is 4.79 Å². The molecule has 0 saturated heterocycles. The van der Waals surface area contributed by atoms with Crippen LogP contribution < -0.4 is 5.01 Å². The van der Waals surface area contributed by atoms with Crippen molar-refractivity contribution in [2.24, 2.45) is 5.92 Å². The van der Waals surface area contributed by atoms with Gasteiger partial charge >= 0.3 is 0 Å². The second-order valence-electron chi connectivity index (χ2n) is 11.1. The van der Waals surface area contributed by atoms with Gasteiger partial charge in [-0.3, -0.25) is 9.80 Å². The molecule has 0 spiro atoms. The van der Waals surface area contributed by atoms with Crippen molar-refractivity contribution in [2.45, 2.75) is 58.5 Å². The van der Waals surface area contributed by atoms with E-state index in [1.54, 1.807) is 6.33 Å². The molecular weight excluding hydrogens is 456 g/mol. The van der Waals surface area contributed by atoms with Gasteiger partial charge < -0.3 is 4.98 Å². The molecule has 5 rings (SSSR count). The summed E-state index contributed by atoms with van der Waals surface area (Å²) in [4.78, 5) is 22.0. The van der Waals surface area contributed by atoms with Crippen LogP contribution in [0, 0.1) is 5.92 Å². The summed E-state index contributed by atoms with van der Waals surface area (Å²) in [5, 5.41) is 4.11. The number of aromatic amines is 1. The number of rotatable bonds is 6. The third-order valence-electron chi connectivity index (χ3n) is 7.39. The SMILES string of the molecule is CC(c1ccccc1)N1C(=O)C(Cc2ccc(C(C)(C)C)cc2)Cc2ccccc2N1Cc1c[nH]cn1. The number of nitrogens with one attached hydrogen (secondary N) is 1. The van der Waals surface area contributed by atoms with E-state index < -0.39 is 0 Å². The van der Waals surface area contributed by atoms with Crippen LogP contribution in [0.3, 0.4) is 0 Å². The number of aromatic nitrogens is 2. The van der Waals surface area contributed by atoms with Crippen molar-refractivity contribution in [1.82, 2.24) is 15.0 Å². The molecule has 190 valence electrons. The number of carbonyl (C=O) groups excluding carboxylic acids is 1. The summed E-state index contributed by atoms with van der Waals surface area (Å²) in [7, 11) is 0. The molecule has 1 aromatic heterocycles. The van der Waals surface area contributed by atoms with Crippen LogP contribution in [0.2, 0.25) is 0 Å². The summed E-state index contributed by atoms with van der Waals surface area (Å²) in [6, 6.07) is 27.4. The minimum atomic E-state index is -0.169. The van der Waals surface area contributed by atoms with Crippen LogP contribution in [-0.2, 0) is 29.6 Å². The number of benzene rings is 3. The molecule has 4 aromatic rings. The number of para-hydroxylation sites is 1. The second-order valence-corrected chi connectivity index (χ2v) is 11.1. The largest absolute Gasteiger partial charge is 0.351 e. The summed E-state index contributed by atoms with van der Waals surface area (Å²) in [5.41, 5.74) is 6.84. The van der Waals surface area contributed by atoms with Crippen molar-refractivity contribution in [2.75, 3.05) is 5.01 Å². The summed E-state index contributed by atoms with van der Waals surface area (Å²) >= 11 is 0. The molecule has 1 aliphatic heterocycles. The van der Waals surface area contributed by atoms with Crippen molar-refractivity contribution < 1.29 is 4.79 Å².